The molecule has 0 aliphatic carbocycles. The molecule has 1 aromatic carbocycles. The lowest BCUT2D eigenvalue weighted by Gasteiger charge is -2.00. The molecule has 0 aliphatic rings. The summed E-state index contributed by atoms with van der Waals surface area (Å²) in [5.74, 6) is 0. The van der Waals surface area contributed by atoms with Gasteiger partial charge in [-0.15, -0.1) is 0 Å². The van der Waals surface area contributed by atoms with Crippen molar-refractivity contribution < 1.29 is 0 Å². The van der Waals surface area contributed by atoms with Gasteiger partial charge in [-0.2, -0.15) is 5.10 Å². The number of nitrogen functional groups attached to an aromatic ring is 1. The van der Waals surface area contributed by atoms with E-state index in [4.69, 9.17) is 11.5 Å². The Morgan fingerprint density at radius 2 is 1.93 bits per heavy atom. The van der Waals surface area contributed by atoms with E-state index in [9.17, 15) is 0 Å². The molecule has 0 amide bonds. The molecule has 0 radical (unpaired) electrons. The zero-order valence-corrected chi connectivity index (χ0v) is 7.72. The lowest BCUT2D eigenvalue weighted by molar-refractivity contribution is 0.880. The van der Waals surface area contributed by atoms with Crippen LogP contribution in [0.2, 0.25) is 0 Å². The van der Waals surface area contributed by atoms with Crippen molar-refractivity contribution in [2.24, 2.45) is 5.73 Å². The van der Waals surface area contributed by atoms with Crippen LogP contribution in [-0.4, -0.2) is 9.78 Å². The van der Waals surface area contributed by atoms with Crippen LogP contribution in [0, 0.1) is 0 Å². The molecule has 4 heteroatoms. The number of hydrogen-bond donors (Lipinski definition) is 2. The SMILES string of the molecule is NCc1cnn(-c2ccc(N)cc2)c1. The van der Waals surface area contributed by atoms with Gasteiger partial charge in [-0.25, -0.2) is 4.68 Å². The van der Waals surface area contributed by atoms with Gasteiger partial charge in [0.15, 0.2) is 0 Å². The third-order valence-corrected chi connectivity index (χ3v) is 2.03. The fourth-order valence-electron chi connectivity index (χ4n) is 1.23. The minimum Gasteiger partial charge on any atom is -0.399 e. The summed E-state index contributed by atoms with van der Waals surface area (Å²) < 4.78 is 1.78. The van der Waals surface area contributed by atoms with Gasteiger partial charge in [-0.05, 0) is 24.3 Å². The van der Waals surface area contributed by atoms with Gasteiger partial charge in [0.25, 0.3) is 0 Å². The van der Waals surface area contributed by atoms with Crippen molar-refractivity contribution in [1.29, 1.82) is 0 Å². The van der Waals surface area contributed by atoms with Gasteiger partial charge < -0.3 is 11.5 Å². The minimum atomic E-state index is 0.509. The molecule has 0 saturated heterocycles. The molecule has 4 nitrogen and oxygen atoms in total. The molecule has 0 bridgehead atoms. The molecule has 0 saturated carbocycles. The van der Waals surface area contributed by atoms with Gasteiger partial charge in [0.2, 0.25) is 0 Å². The predicted octanol–water partition coefficient (Wildman–Crippen LogP) is 0.913. The largest absolute Gasteiger partial charge is 0.399 e. The van der Waals surface area contributed by atoms with Gasteiger partial charge in [0.05, 0.1) is 11.9 Å². The van der Waals surface area contributed by atoms with E-state index in [2.05, 4.69) is 5.10 Å². The summed E-state index contributed by atoms with van der Waals surface area (Å²) in [6.45, 7) is 0.509. The molecule has 0 atom stereocenters. The predicted molar refractivity (Wildman–Crippen MR) is 55.9 cm³/mol. The van der Waals surface area contributed by atoms with Gasteiger partial charge >= 0.3 is 0 Å². The van der Waals surface area contributed by atoms with Crippen LogP contribution < -0.4 is 11.5 Å². The summed E-state index contributed by atoms with van der Waals surface area (Å²) >= 11 is 0. The molecule has 1 aromatic heterocycles. The van der Waals surface area contributed by atoms with Crippen LogP contribution in [0.4, 0.5) is 5.69 Å². The van der Waals surface area contributed by atoms with Crippen LogP contribution in [0.1, 0.15) is 5.56 Å². The van der Waals surface area contributed by atoms with Gasteiger partial charge in [-0.1, -0.05) is 0 Å². The molecule has 1 heterocycles. The molecule has 2 rings (SSSR count). The smallest absolute Gasteiger partial charge is 0.0647 e. The minimum absolute atomic E-state index is 0.509. The van der Waals surface area contributed by atoms with Crippen molar-refractivity contribution in [3.8, 4) is 5.69 Å². The van der Waals surface area contributed by atoms with E-state index in [1.54, 1.807) is 10.9 Å². The second kappa shape index (κ2) is 3.51. The second-order valence-corrected chi connectivity index (χ2v) is 3.09. The van der Waals surface area contributed by atoms with Crippen LogP contribution >= 0.6 is 0 Å². The van der Waals surface area contributed by atoms with Gasteiger partial charge in [0, 0.05) is 24.0 Å². The summed E-state index contributed by atoms with van der Waals surface area (Å²) in [7, 11) is 0. The number of hydrogen-bond acceptors (Lipinski definition) is 3. The fourth-order valence-corrected chi connectivity index (χ4v) is 1.23. The molecular weight excluding hydrogens is 176 g/mol. The molecule has 0 spiro atoms. The van der Waals surface area contributed by atoms with Gasteiger partial charge in [0.1, 0.15) is 0 Å². The maximum atomic E-state index is 5.59. The summed E-state index contributed by atoms with van der Waals surface area (Å²) in [5.41, 5.74) is 13.8. The monoisotopic (exact) mass is 188 g/mol. The van der Waals surface area contributed by atoms with Crippen molar-refractivity contribution in [2.45, 2.75) is 6.54 Å². The topological polar surface area (TPSA) is 69.9 Å². The summed E-state index contributed by atoms with van der Waals surface area (Å²) in [4.78, 5) is 0. The first kappa shape index (κ1) is 8.77. The summed E-state index contributed by atoms with van der Waals surface area (Å²) in [5, 5.41) is 4.18. The Kier molecular flexibility index (Phi) is 2.20. The van der Waals surface area contributed by atoms with Crippen LogP contribution in [0.15, 0.2) is 36.7 Å². The van der Waals surface area contributed by atoms with Crippen LogP contribution in [0.3, 0.4) is 0 Å². The number of aromatic nitrogens is 2. The van der Waals surface area contributed by atoms with E-state index >= 15 is 0 Å². The first-order chi connectivity index (χ1) is 6.79. The zero-order valence-electron chi connectivity index (χ0n) is 7.72. The quantitative estimate of drug-likeness (QED) is 0.688. The number of benzene rings is 1. The normalized spacial score (nSPS) is 10.4. The lowest BCUT2D eigenvalue weighted by atomic mass is 10.3. The number of nitrogens with two attached hydrogens (primary N) is 2. The first-order valence-electron chi connectivity index (χ1n) is 4.39. The third-order valence-electron chi connectivity index (χ3n) is 2.03. The van der Waals surface area contributed by atoms with Crippen molar-refractivity contribution in [2.75, 3.05) is 5.73 Å². The average Bonchev–Trinajstić information content (AvgIpc) is 2.67. The lowest BCUT2D eigenvalue weighted by Crippen LogP contribution is -1.96. The molecule has 0 unspecified atom stereocenters. The molecular formula is C10H12N4. The molecule has 2 aromatic rings. The van der Waals surface area contributed by atoms with E-state index in [-0.39, 0.29) is 0 Å². The number of nitrogens with zero attached hydrogens (tertiary/aromatic N) is 2. The average molecular weight is 188 g/mol. The van der Waals surface area contributed by atoms with Crippen molar-refractivity contribution in [3.63, 3.8) is 0 Å². The molecule has 14 heavy (non-hydrogen) atoms. The fraction of sp³-hybridized carbons (Fsp3) is 0.100. The van der Waals surface area contributed by atoms with Gasteiger partial charge in [-0.3, -0.25) is 0 Å². The number of anilines is 1. The van der Waals surface area contributed by atoms with E-state index in [1.165, 1.54) is 0 Å². The second-order valence-electron chi connectivity index (χ2n) is 3.09. The Bertz CT molecular complexity index is 416. The maximum Gasteiger partial charge on any atom is 0.0647 e. The first-order valence-corrected chi connectivity index (χ1v) is 4.39. The standard InChI is InChI=1S/C10H12N4/c11-5-8-6-13-14(7-8)10-3-1-9(12)2-4-10/h1-4,6-7H,5,11-12H2. The van der Waals surface area contributed by atoms with Crippen molar-refractivity contribution in [3.05, 3.63) is 42.2 Å². The molecule has 0 aliphatic heterocycles. The number of rotatable bonds is 2. The van der Waals surface area contributed by atoms with Crippen LogP contribution in [0.25, 0.3) is 5.69 Å². The highest BCUT2D eigenvalue weighted by Gasteiger charge is 1.98. The molecule has 72 valence electrons. The zero-order chi connectivity index (χ0) is 9.97. The summed E-state index contributed by atoms with van der Waals surface area (Å²) in [6, 6.07) is 7.53. The van der Waals surface area contributed by atoms with Crippen molar-refractivity contribution in [1.82, 2.24) is 9.78 Å². The maximum absolute atomic E-state index is 5.59. The van der Waals surface area contributed by atoms with E-state index in [0.717, 1.165) is 16.9 Å². The van der Waals surface area contributed by atoms with Crippen LogP contribution in [0.5, 0.6) is 0 Å². The third kappa shape index (κ3) is 1.60. The van der Waals surface area contributed by atoms with E-state index in [0.29, 0.717) is 6.54 Å². The van der Waals surface area contributed by atoms with Crippen molar-refractivity contribution >= 4 is 5.69 Å². The van der Waals surface area contributed by atoms with Crippen LogP contribution in [-0.2, 0) is 6.54 Å². The van der Waals surface area contributed by atoms with E-state index in [1.807, 2.05) is 30.5 Å². The highest BCUT2D eigenvalue weighted by Crippen LogP contribution is 2.10. The van der Waals surface area contributed by atoms with E-state index < -0.39 is 0 Å². The Labute approximate surface area is 82.1 Å². The highest BCUT2D eigenvalue weighted by molar-refractivity contribution is 5.44. The summed E-state index contributed by atoms with van der Waals surface area (Å²) in [6.07, 6.45) is 3.67. The highest BCUT2D eigenvalue weighted by atomic mass is 15.3. The molecule has 0 fully saturated rings. The Morgan fingerprint density at radius 3 is 2.50 bits per heavy atom. The Hall–Kier alpha value is -1.81. The Balaban J connectivity index is 2.34. The Morgan fingerprint density at radius 1 is 1.21 bits per heavy atom. The molecule has 4 N–H and O–H groups in total.